The van der Waals surface area contributed by atoms with E-state index < -0.39 is 0 Å². The number of urea groups is 1. The third-order valence-corrected chi connectivity index (χ3v) is 5.01. The summed E-state index contributed by atoms with van der Waals surface area (Å²) in [5.74, 6) is 1.60. The highest BCUT2D eigenvalue weighted by Gasteiger charge is 2.26. The molecule has 0 spiro atoms. The summed E-state index contributed by atoms with van der Waals surface area (Å²) in [6.45, 7) is 6.75. The van der Waals surface area contributed by atoms with Crippen molar-refractivity contribution in [2.75, 3.05) is 0 Å². The van der Waals surface area contributed by atoms with E-state index in [0.717, 1.165) is 48.2 Å². The number of hydrogen-bond donors (Lipinski definition) is 2. The van der Waals surface area contributed by atoms with E-state index in [-0.39, 0.29) is 18.1 Å². The Balaban J connectivity index is 1.65. The number of nitrogens with zero attached hydrogens (tertiary/aromatic N) is 4. The van der Waals surface area contributed by atoms with E-state index in [2.05, 4.69) is 25.7 Å². The molecular formula is C15H22N6OS. The molecule has 124 valence electrons. The molecule has 2 N–H and O–H groups in total. The first kappa shape index (κ1) is 15.9. The Kier molecular flexibility index (Phi) is 4.61. The van der Waals surface area contributed by atoms with Gasteiger partial charge in [-0.05, 0) is 33.1 Å². The molecule has 1 aliphatic rings. The highest BCUT2D eigenvalue weighted by atomic mass is 32.1. The molecule has 0 aliphatic carbocycles. The van der Waals surface area contributed by atoms with Gasteiger partial charge in [-0.15, -0.1) is 11.3 Å². The summed E-state index contributed by atoms with van der Waals surface area (Å²) in [4.78, 5) is 21.3. The van der Waals surface area contributed by atoms with Gasteiger partial charge in [0.2, 0.25) is 0 Å². The highest BCUT2D eigenvalue weighted by Crippen LogP contribution is 2.24. The van der Waals surface area contributed by atoms with Crippen molar-refractivity contribution >= 4 is 17.4 Å². The highest BCUT2D eigenvalue weighted by molar-refractivity contribution is 7.09. The minimum absolute atomic E-state index is 0.0584. The first-order chi connectivity index (χ1) is 11.1. The molecule has 1 aliphatic heterocycles. The van der Waals surface area contributed by atoms with Crippen molar-refractivity contribution in [3.63, 3.8) is 0 Å². The molecule has 3 heterocycles. The Morgan fingerprint density at radius 1 is 1.48 bits per heavy atom. The van der Waals surface area contributed by atoms with Crippen molar-refractivity contribution in [1.82, 2.24) is 30.4 Å². The second-order valence-electron chi connectivity index (χ2n) is 5.84. The van der Waals surface area contributed by atoms with Crippen molar-refractivity contribution in [2.24, 2.45) is 0 Å². The third-order valence-electron chi connectivity index (χ3n) is 3.93. The van der Waals surface area contributed by atoms with Gasteiger partial charge in [-0.3, -0.25) is 0 Å². The van der Waals surface area contributed by atoms with Gasteiger partial charge in [0.1, 0.15) is 16.7 Å². The maximum atomic E-state index is 12.4. The maximum Gasteiger partial charge on any atom is 0.315 e. The van der Waals surface area contributed by atoms with Crippen LogP contribution in [0.25, 0.3) is 0 Å². The van der Waals surface area contributed by atoms with Gasteiger partial charge in [-0.25, -0.2) is 19.4 Å². The molecule has 2 atom stereocenters. The molecule has 7 nitrogen and oxygen atoms in total. The summed E-state index contributed by atoms with van der Waals surface area (Å²) in [6.07, 6.45) is 2.68. The predicted molar refractivity (Wildman–Crippen MR) is 88.3 cm³/mol. The van der Waals surface area contributed by atoms with Crippen LogP contribution in [0.2, 0.25) is 0 Å². The molecule has 8 heteroatoms. The van der Waals surface area contributed by atoms with E-state index in [0.29, 0.717) is 0 Å². The van der Waals surface area contributed by atoms with Crippen LogP contribution in [0.15, 0.2) is 5.38 Å². The van der Waals surface area contributed by atoms with Crippen LogP contribution in [0.1, 0.15) is 60.6 Å². The van der Waals surface area contributed by atoms with Gasteiger partial charge in [0.25, 0.3) is 0 Å². The topological polar surface area (TPSA) is 84.7 Å². The summed E-state index contributed by atoms with van der Waals surface area (Å²) in [5.41, 5.74) is 0.988. The summed E-state index contributed by atoms with van der Waals surface area (Å²) < 4.78 is 1.89. The van der Waals surface area contributed by atoms with Gasteiger partial charge < -0.3 is 10.6 Å². The smallest absolute Gasteiger partial charge is 0.315 e. The van der Waals surface area contributed by atoms with Crippen LogP contribution in [0.3, 0.4) is 0 Å². The molecule has 2 aromatic rings. The number of amides is 2. The second-order valence-corrected chi connectivity index (χ2v) is 6.73. The second kappa shape index (κ2) is 6.66. The largest absolute Gasteiger partial charge is 0.329 e. The fraction of sp³-hybridized carbons (Fsp3) is 0.600. The zero-order chi connectivity index (χ0) is 16.4. The summed E-state index contributed by atoms with van der Waals surface area (Å²) >= 11 is 1.58. The Hall–Kier alpha value is -1.96. The van der Waals surface area contributed by atoms with Gasteiger partial charge in [0.15, 0.2) is 0 Å². The zero-order valence-corrected chi connectivity index (χ0v) is 14.5. The average molecular weight is 334 g/mol. The molecule has 0 saturated heterocycles. The molecule has 2 amide bonds. The van der Waals surface area contributed by atoms with Crippen LogP contribution in [0.5, 0.6) is 0 Å². The van der Waals surface area contributed by atoms with E-state index in [1.165, 1.54) is 0 Å². The molecule has 23 heavy (non-hydrogen) atoms. The fourth-order valence-corrected chi connectivity index (χ4v) is 3.76. The number of carbonyl (C=O) groups is 1. The maximum absolute atomic E-state index is 12.4. The number of hydrogen-bond acceptors (Lipinski definition) is 5. The SMILES string of the molecule is CCC(NC(=O)NC1CCCn2nc(C)nc21)c1nc(C)cs1. The van der Waals surface area contributed by atoms with Crippen molar-refractivity contribution in [1.29, 1.82) is 0 Å². The quantitative estimate of drug-likeness (QED) is 0.900. The van der Waals surface area contributed by atoms with Gasteiger partial charge in [-0.1, -0.05) is 6.92 Å². The Bertz CT molecular complexity index is 694. The van der Waals surface area contributed by atoms with Crippen LogP contribution in [0, 0.1) is 13.8 Å². The number of fused-ring (bicyclic) bond motifs is 1. The van der Waals surface area contributed by atoms with Crippen molar-refractivity contribution in [3.05, 3.63) is 27.7 Å². The molecule has 2 unspecified atom stereocenters. The Morgan fingerprint density at radius 3 is 3.00 bits per heavy atom. The number of rotatable bonds is 4. The van der Waals surface area contributed by atoms with E-state index in [9.17, 15) is 4.79 Å². The molecule has 0 fully saturated rings. The lowest BCUT2D eigenvalue weighted by molar-refractivity contribution is 0.228. The van der Waals surface area contributed by atoms with Gasteiger partial charge in [-0.2, -0.15) is 5.10 Å². The normalized spacial score (nSPS) is 18.3. The van der Waals surface area contributed by atoms with Crippen molar-refractivity contribution in [2.45, 2.75) is 58.7 Å². The number of thiazole rings is 1. The van der Waals surface area contributed by atoms with Crippen molar-refractivity contribution < 1.29 is 4.79 Å². The molecular weight excluding hydrogens is 312 g/mol. The van der Waals surface area contributed by atoms with Gasteiger partial charge in [0, 0.05) is 17.6 Å². The molecule has 0 aromatic carbocycles. The number of aryl methyl sites for hydroxylation is 3. The molecule has 0 bridgehead atoms. The lowest BCUT2D eigenvalue weighted by atomic mass is 10.1. The number of nitrogens with one attached hydrogen (secondary N) is 2. The summed E-state index contributed by atoms with van der Waals surface area (Å²) in [6, 6.07) is -0.318. The molecule has 0 radical (unpaired) electrons. The first-order valence-corrected chi connectivity index (χ1v) is 8.85. The van der Waals surface area contributed by atoms with Crippen LogP contribution in [-0.2, 0) is 6.54 Å². The predicted octanol–water partition coefficient (Wildman–Crippen LogP) is 2.64. The zero-order valence-electron chi connectivity index (χ0n) is 13.7. The summed E-state index contributed by atoms with van der Waals surface area (Å²) in [5, 5.41) is 13.4. The average Bonchev–Trinajstić information content (AvgIpc) is 3.10. The van der Waals surface area contributed by atoms with Crippen LogP contribution < -0.4 is 10.6 Å². The number of aromatic nitrogens is 4. The molecule has 0 saturated carbocycles. The van der Waals surface area contributed by atoms with E-state index in [4.69, 9.17) is 0 Å². The van der Waals surface area contributed by atoms with E-state index in [1.54, 1.807) is 11.3 Å². The third kappa shape index (κ3) is 3.52. The van der Waals surface area contributed by atoms with Crippen LogP contribution >= 0.6 is 11.3 Å². The lowest BCUT2D eigenvalue weighted by Crippen LogP contribution is -2.41. The lowest BCUT2D eigenvalue weighted by Gasteiger charge is -2.24. The first-order valence-electron chi connectivity index (χ1n) is 7.97. The minimum atomic E-state index is -0.177. The van der Waals surface area contributed by atoms with Crippen molar-refractivity contribution in [3.8, 4) is 0 Å². The molecule has 2 aromatic heterocycles. The van der Waals surface area contributed by atoms with Gasteiger partial charge >= 0.3 is 6.03 Å². The van der Waals surface area contributed by atoms with E-state index in [1.807, 2.05) is 30.8 Å². The Labute approximate surface area is 139 Å². The fourth-order valence-electron chi connectivity index (χ4n) is 2.83. The van der Waals surface area contributed by atoms with Crippen LogP contribution in [-0.4, -0.2) is 25.8 Å². The summed E-state index contributed by atoms with van der Waals surface area (Å²) in [7, 11) is 0. The monoisotopic (exact) mass is 334 g/mol. The Morgan fingerprint density at radius 2 is 2.30 bits per heavy atom. The minimum Gasteiger partial charge on any atom is -0.329 e. The van der Waals surface area contributed by atoms with Crippen LogP contribution in [0.4, 0.5) is 4.79 Å². The standard InChI is InChI=1S/C15H22N6OS/c1-4-11(14-16-9(2)8-23-14)18-15(22)19-12-6-5-7-21-13(12)17-10(3)20-21/h8,11-12H,4-7H2,1-3H3,(H2,18,19,22). The van der Waals surface area contributed by atoms with Gasteiger partial charge in [0.05, 0.1) is 12.1 Å². The van der Waals surface area contributed by atoms with E-state index >= 15 is 0 Å². The number of carbonyl (C=O) groups excluding carboxylic acids is 1. The molecule has 3 rings (SSSR count).